The minimum Gasteiger partial charge on any atom is -0.300 e. The van der Waals surface area contributed by atoms with Gasteiger partial charge in [-0.25, -0.2) is 0 Å². The zero-order valence-corrected chi connectivity index (χ0v) is 14.2. The highest BCUT2D eigenvalue weighted by Crippen LogP contribution is 2.35. The summed E-state index contributed by atoms with van der Waals surface area (Å²) in [5, 5.41) is 10.8. The Morgan fingerprint density at radius 2 is 1.96 bits per heavy atom. The number of amides is 3. The number of imide groups is 1. The smallest absolute Gasteiger partial charge is 0.233 e. The molecular formula is C14H16N4O3S2. The fourth-order valence-corrected chi connectivity index (χ4v) is 4.01. The number of allylic oxidation sites excluding steroid dienone is 2. The molecule has 0 aromatic carbocycles. The molecule has 1 aliphatic heterocycles. The van der Waals surface area contributed by atoms with Gasteiger partial charge < -0.3 is 5.32 Å². The monoisotopic (exact) mass is 352 g/mol. The van der Waals surface area contributed by atoms with Gasteiger partial charge in [-0.1, -0.05) is 35.3 Å². The molecule has 0 spiro atoms. The van der Waals surface area contributed by atoms with E-state index in [0.717, 1.165) is 4.34 Å². The van der Waals surface area contributed by atoms with Crippen LogP contribution in [0.2, 0.25) is 0 Å². The van der Waals surface area contributed by atoms with Crippen molar-refractivity contribution < 1.29 is 14.4 Å². The van der Waals surface area contributed by atoms with Gasteiger partial charge in [0.1, 0.15) is 0 Å². The lowest BCUT2D eigenvalue weighted by Gasteiger charge is -2.14. The highest BCUT2D eigenvalue weighted by molar-refractivity contribution is 8.00. The Morgan fingerprint density at radius 3 is 2.52 bits per heavy atom. The van der Waals surface area contributed by atoms with Crippen LogP contribution in [0, 0.1) is 11.8 Å². The fraction of sp³-hybridized carbons (Fsp3) is 0.500. The van der Waals surface area contributed by atoms with Gasteiger partial charge in [0.2, 0.25) is 22.9 Å². The number of carbonyl (C=O) groups is 3. The molecule has 1 N–H and O–H groups in total. The van der Waals surface area contributed by atoms with Crippen molar-refractivity contribution in [3.8, 4) is 0 Å². The van der Waals surface area contributed by atoms with E-state index >= 15 is 0 Å². The number of nitrogens with one attached hydrogen (secondary N) is 1. The molecule has 0 radical (unpaired) electrons. The first-order chi connectivity index (χ1) is 11.1. The predicted octanol–water partition coefficient (Wildman–Crippen LogP) is 1.54. The molecule has 2 heterocycles. The largest absolute Gasteiger partial charge is 0.300 e. The Kier molecular flexibility index (Phi) is 4.76. The van der Waals surface area contributed by atoms with E-state index in [1.165, 1.54) is 28.0 Å². The Labute approximate surface area is 141 Å². The third-order valence-electron chi connectivity index (χ3n) is 3.99. The van der Waals surface area contributed by atoms with E-state index < -0.39 is 0 Å². The molecule has 1 aromatic rings. The number of aromatic nitrogens is 2. The lowest BCUT2D eigenvalue weighted by Crippen LogP contribution is -2.34. The maximum Gasteiger partial charge on any atom is 0.233 e. The summed E-state index contributed by atoms with van der Waals surface area (Å²) >= 11 is 2.74. The fourth-order valence-electron chi connectivity index (χ4n) is 2.83. The number of thioether (sulfide) groups is 1. The summed E-state index contributed by atoms with van der Waals surface area (Å²) in [7, 11) is 0. The number of likely N-dealkylation sites (tertiary alicyclic amines) is 1. The Hall–Kier alpha value is -1.74. The van der Waals surface area contributed by atoms with Gasteiger partial charge in [0, 0.05) is 13.0 Å². The third kappa shape index (κ3) is 3.30. The average Bonchev–Trinajstić information content (AvgIpc) is 3.10. The van der Waals surface area contributed by atoms with E-state index in [1.807, 2.05) is 18.4 Å². The van der Waals surface area contributed by atoms with Gasteiger partial charge in [-0.15, -0.1) is 10.2 Å². The van der Waals surface area contributed by atoms with Crippen LogP contribution in [0.15, 0.2) is 16.5 Å². The van der Waals surface area contributed by atoms with Crippen molar-refractivity contribution in [3.05, 3.63) is 12.2 Å². The molecule has 1 saturated heterocycles. The minimum atomic E-state index is -0.276. The Bertz CT molecular complexity index is 647. The van der Waals surface area contributed by atoms with Gasteiger partial charge in [0.05, 0.1) is 11.8 Å². The number of rotatable bonds is 5. The number of hydrogen-bond donors (Lipinski definition) is 1. The first-order valence-electron chi connectivity index (χ1n) is 7.27. The number of nitrogens with zero attached hydrogens (tertiary/aromatic N) is 3. The Morgan fingerprint density at radius 1 is 1.30 bits per heavy atom. The van der Waals surface area contributed by atoms with Crippen LogP contribution >= 0.6 is 23.1 Å². The summed E-state index contributed by atoms with van der Waals surface area (Å²) in [4.78, 5) is 37.7. The van der Waals surface area contributed by atoms with Gasteiger partial charge in [-0.05, 0) is 19.1 Å². The van der Waals surface area contributed by atoms with E-state index in [-0.39, 0.29) is 42.5 Å². The quantitative estimate of drug-likeness (QED) is 0.374. The molecule has 0 unspecified atom stereocenters. The molecule has 0 saturated carbocycles. The molecule has 3 amide bonds. The standard InChI is InChI=1S/C14H16N4O3S2/c1-22-14-17-16-13(23-14)15-10(19)6-7-18-11(20)8-4-2-3-5-9(8)12(18)21/h2-3,8-9H,4-7H2,1H3,(H,15,16,19)/t8-,9+. The lowest BCUT2D eigenvalue weighted by atomic mass is 9.85. The van der Waals surface area contributed by atoms with Crippen LogP contribution in [-0.4, -0.2) is 45.6 Å². The zero-order chi connectivity index (χ0) is 16.4. The maximum absolute atomic E-state index is 12.3. The summed E-state index contributed by atoms with van der Waals surface area (Å²) < 4.78 is 0.766. The second-order valence-electron chi connectivity index (χ2n) is 5.36. The number of anilines is 1. The van der Waals surface area contributed by atoms with E-state index in [1.54, 1.807) is 0 Å². The van der Waals surface area contributed by atoms with Crippen LogP contribution in [-0.2, 0) is 14.4 Å². The summed E-state index contributed by atoms with van der Waals surface area (Å²) in [6.07, 6.45) is 7.06. The molecule has 122 valence electrons. The van der Waals surface area contributed by atoms with E-state index in [4.69, 9.17) is 0 Å². The van der Waals surface area contributed by atoms with Crippen LogP contribution in [0.4, 0.5) is 5.13 Å². The first kappa shape index (κ1) is 16.1. The van der Waals surface area contributed by atoms with Crippen LogP contribution < -0.4 is 5.32 Å². The third-order valence-corrected chi connectivity index (χ3v) is 5.80. The zero-order valence-electron chi connectivity index (χ0n) is 12.5. The normalized spacial score (nSPS) is 23.3. The van der Waals surface area contributed by atoms with Crippen LogP contribution in [0.25, 0.3) is 0 Å². The summed E-state index contributed by atoms with van der Waals surface area (Å²) in [6.45, 7) is 0.116. The SMILES string of the molecule is CSc1nnc(NC(=O)CCN2C(=O)[C@H]3CC=CC[C@H]3C2=O)s1. The van der Waals surface area contributed by atoms with Crippen molar-refractivity contribution >= 4 is 46.0 Å². The molecule has 1 aromatic heterocycles. The van der Waals surface area contributed by atoms with Crippen molar-refractivity contribution in [2.24, 2.45) is 11.8 Å². The van der Waals surface area contributed by atoms with Crippen molar-refractivity contribution in [3.63, 3.8) is 0 Å². The van der Waals surface area contributed by atoms with Crippen molar-refractivity contribution in [1.82, 2.24) is 15.1 Å². The Balaban J connectivity index is 1.54. The highest BCUT2D eigenvalue weighted by Gasteiger charge is 2.46. The maximum atomic E-state index is 12.3. The molecule has 3 rings (SSSR count). The van der Waals surface area contributed by atoms with E-state index in [9.17, 15) is 14.4 Å². The van der Waals surface area contributed by atoms with Crippen LogP contribution in [0.1, 0.15) is 19.3 Å². The van der Waals surface area contributed by atoms with E-state index in [2.05, 4.69) is 15.5 Å². The lowest BCUT2D eigenvalue weighted by molar-refractivity contribution is -0.140. The van der Waals surface area contributed by atoms with E-state index in [0.29, 0.717) is 18.0 Å². The van der Waals surface area contributed by atoms with Gasteiger partial charge in [0.25, 0.3) is 0 Å². The van der Waals surface area contributed by atoms with Gasteiger partial charge in [0.15, 0.2) is 4.34 Å². The van der Waals surface area contributed by atoms with Gasteiger partial charge in [-0.3, -0.25) is 19.3 Å². The second kappa shape index (κ2) is 6.79. The molecule has 2 aliphatic rings. The summed E-state index contributed by atoms with van der Waals surface area (Å²) in [5.74, 6) is -1.08. The number of hydrogen-bond acceptors (Lipinski definition) is 7. The number of fused-ring (bicyclic) bond motifs is 1. The van der Waals surface area contributed by atoms with Crippen LogP contribution in [0.3, 0.4) is 0 Å². The minimum absolute atomic E-state index is 0.0680. The average molecular weight is 352 g/mol. The first-order valence-corrected chi connectivity index (χ1v) is 9.32. The highest BCUT2D eigenvalue weighted by atomic mass is 32.2. The number of carbonyl (C=O) groups excluding carboxylic acids is 3. The molecule has 2 atom stereocenters. The molecule has 23 heavy (non-hydrogen) atoms. The second-order valence-corrected chi connectivity index (χ2v) is 7.39. The van der Waals surface area contributed by atoms with Crippen molar-refractivity contribution in [2.45, 2.75) is 23.6 Å². The molecule has 0 bridgehead atoms. The molecule has 7 nitrogen and oxygen atoms in total. The molecule has 1 aliphatic carbocycles. The van der Waals surface area contributed by atoms with Gasteiger partial charge >= 0.3 is 0 Å². The molecular weight excluding hydrogens is 336 g/mol. The van der Waals surface area contributed by atoms with Gasteiger partial charge in [-0.2, -0.15) is 0 Å². The van der Waals surface area contributed by atoms with Crippen molar-refractivity contribution in [2.75, 3.05) is 18.1 Å². The molecule has 1 fully saturated rings. The van der Waals surface area contributed by atoms with Crippen LogP contribution in [0.5, 0.6) is 0 Å². The summed E-state index contributed by atoms with van der Waals surface area (Å²) in [5.41, 5.74) is 0. The van der Waals surface area contributed by atoms with Crippen molar-refractivity contribution in [1.29, 1.82) is 0 Å². The topological polar surface area (TPSA) is 92.3 Å². The summed E-state index contributed by atoms with van der Waals surface area (Å²) in [6, 6.07) is 0. The molecule has 9 heteroatoms. The predicted molar refractivity (Wildman–Crippen MR) is 87.0 cm³/mol.